The van der Waals surface area contributed by atoms with Crippen LogP contribution >= 0.6 is 11.6 Å². The van der Waals surface area contributed by atoms with E-state index in [1.54, 1.807) is 0 Å². The Morgan fingerprint density at radius 1 is 1.26 bits per heavy atom. The second-order valence-corrected chi connectivity index (χ2v) is 8.52. The Kier molecular flexibility index (Phi) is 6.04. The molecular weight excluding hydrogens is 334 g/mol. The van der Waals surface area contributed by atoms with E-state index in [0.29, 0.717) is 37.1 Å². The van der Waals surface area contributed by atoms with E-state index in [0.717, 1.165) is 13.0 Å². The SMILES string of the molecule is CC(C)CCN1CCN(S(=O)(=O)c2cc(Cl)ccc2C#N)CC1. The van der Waals surface area contributed by atoms with Gasteiger partial charge in [-0.3, -0.25) is 0 Å². The van der Waals surface area contributed by atoms with E-state index in [-0.39, 0.29) is 10.5 Å². The molecule has 0 N–H and O–H groups in total. The van der Waals surface area contributed by atoms with Crippen molar-refractivity contribution in [3.8, 4) is 6.07 Å². The van der Waals surface area contributed by atoms with E-state index in [1.165, 1.54) is 22.5 Å². The van der Waals surface area contributed by atoms with Gasteiger partial charge in [-0.1, -0.05) is 25.4 Å². The number of benzene rings is 1. The van der Waals surface area contributed by atoms with Gasteiger partial charge >= 0.3 is 0 Å². The molecule has 126 valence electrons. The highest BCUT2D eigenvalue weighted by Crippen LogP contribution is 2.24. The summed E-state index contributed by atoms with van der Waals surface area (Å²) < 4.78 is 27.0. The number of sulfonamides is 1. The highest BCUT2D eigenvalue weighted by atomic mass is 35.5. The smallest absolute Gasteiger partial charge is 0.244 e. The fourth-order valence-corrected chi connectivity index (χ4v) is 4.40. The number of nitrogens with zero attached hydrogens (tertiary/aromatic N) is 3. The number of nitriles is 1. The molecule has 1 fully saturated rings. The van der Waals surface area contributed by atoms with Crippen LogP contribution in [0.4, 0.5) is 0 Å². The largest absolute Gasteiger partial charge is 0.301 e. The highest BCUT2D eigenvalue weighted by molar-refractivity contribution is 7.89. The number of halogens is 1. The zero-order chi connectivity index (χ0) is 17.0. The Morgan fingerprint density at radius 3 is 2.48 bits per heavy atom. The second kappa shape index (κ2) is 7.63. The molecule has 1 aromatic carbocycles. The van der Waals surface area contributed by atoms with E-state index < -0.39 is 10.0 Å². The maximum atomic E-state index is 12.8. The third kappa shape index (κ3) is 4.45. The molecule has 1 heterocycles. The number of piperazine rings is 1. The summed E-state index contributed by atoms with van der Waals surface area (Å²) in [5.41, 5.74) is 0.136. The van der Waals surface area contributed by atoms with Crippen molar-refractivity contribution >= 4 is 21.6 Å². The molecule has 0 atom stereocenters. The summed E-state index contributed by atoms with van der Waals surface area (Å²) in [5, 5.41) is 9.47. The lowest BCUT2D eigenvalue weighted by Gasteiger charge is -2.34. The van der Waals surface area contributed by atoms with Crippen LogP contribution in [0.25, 0.3) is 0 Å². The predicted octanol–water partition coefficient (Wildman–Crippen LogP) is 2.56. The normalized spacial score (nSPS) is 17.3. The van der Waals surface area contributed by atoms with Gasteiger partial charge in [0, 0.05) is 31.2 Å². The maximum Gasteiger partial charge on any atom is 0.244 e. The van der Waals surface area contributed by atoms with Gasteiger partial charge in [-0.25, -0.2) is 8.42 Å². The van der Waals surface area contributed by atoms with E-state index in [4.69, 9.17) is 16.9 Å². The van der Waals surface area contributed by atoms with Gasteiger partial charge < -0.3 is 4.90 Å². The molecule has 23 heavy (non-hydrogen) atoms. The van der Waals surface area contributed by atoms with Gasteiger partial charge in [0.1, 0.15) is 11.0 Å². The van der Waals surface area contributed by atoms with Crippen molar-refractivity contribution < 1.29 is 8.42 Å². The van der Waals surface area contributed by atoms with Crippen LogP contribution in [-0.4, -0.2) is 50.3 Å². The van der Waals surface area contributed by atoms with Crippen molar-refractivity contribution in [1.82, 2.24) is 9.21 Å². The van der Waals surface area contributed by atoms with Crippen LogP contribution in [0.3, 0.4) is 0 Å². The highest BCUT2D eigenvalue weighted by Gasteiger charge is 2.30. The van der Waals surface area contributed by atoms with Gasteiger partial charge in [0.15, 0.2) is 0 Å². The van der Waals surface area contributed by atoms with Gasteiger partial charge in [0.25, 0.3) is 0 Å². The zero-order valence-corrected chi connectivity index (χ0v) is 15.1. The fraction of sp³-hybridized carbons (Fsp3) is 0.562. The van der Waals surface area contributed by atoms with Crippen molar-refractivity contribution in [2.24, 2.45) is 5.92 Å². The first-order valence-corrected chi connectivity index (χ1v) is 9.58. The van der Waals surface area contributed by atoms with Crippen LogP contribution in [0, 0.1) is 17.2 Å². The Bertz CT molecular complexity index is 690. The van der Waals surface area contributed by atoms with Gasteiger partial charge in [-0.05, 0) is 37.1 Å². The molecule has 2 rings (SSSR count). The third-order valence-corrected chi connectivity index (χ3v) is 6.21. The lowest BCUT2D eigenvalue weighted by molar-refractivity contribution is 0.180. The number of hydrogen-bond donors (Lipinski definition) is 0. The van der Waals surface area contributed by atoms with Crippen molar-refractivity contribution in [2.75, 3.05) is 32.7 Å². The molecule has 0 unspecified atom stereocenters. The minimum atomic E-state index is -3.68. The maximum absolute atomic E-state index is 12.8. The fourth-order valence-electron chi connectivity index (χ4n) is 2.58. The summed E-state index contributed by atoms with van der Waals surface area (Å²) in [5.74, 6) is 0.640. The minimum Gasteiger partial charge on any atom is -0.301 e. The van der Waals surface area contributed by atoms with E-state index in [1.807, 2.05) is 6.07 Å². The molecule has 0 radical (unpaired) electrons. The average molecular weight is 356 g/mol. The first kappa shape index (κ1) is 18.2. The predicted molar refractivity (Wildman–Crippen MR) is 90.8 cm³/mol. The Morgan fingerprint density at radius 2 is 1.91 bits per heavy atom. The standard InChI is InChI=1S/C16H22ClN3O2S/c1-13(2)5-6-19-7-9-20(10-8-19)23(21,22)16-11-15(17)4-3-14(16)12-18/h3-4,11,13H,5-10H2,1-2H3. The molecule has 5 nitrogen and oxygen atoms in total. The van der Waals surface area contributed by atoms with Crippen LogP contribution in [0.5, 0.6) is 0 Å². The number of rotatable bonds is 5. The molecule has 1 aliphatic rings. The summed E-state index contributed by atoms with van der Waals surface area (Å²) in [7, 11) is -3.68. The molecule has 0 amide bonds. The molecule has 0 aromatic heterocycles. The van der Waals surface area contributed by atoms with Crippen molar-refractivity contribution in [3.63, 3.8) is 0 Å². The lowest BCUT2D eigenvalue weighted by atomic mass is 10.1. The summed E-state index contributed by atoms with van der Waals surface area (Å²) in [6.45, 7) is 7.68. The van der Waals surface area contributed by atoms with Crippen molar-refractivity contribution in [2.45, 2.75) is 25.2 Å². The van der Waals surface area contributed by atoms with Gasteiger partial charge in [-0.15, -0.1) is 0 Å². The third-order valence-electron chi connectivity index (χ3n) is 4.04. The van der Waals surface area contributed by atoms with Gasteiger partial charge in [0.05, 0.1) is 5.56 Å². The quantitative estimate of drug-likeness (QED) is 0.814. The molecule has 0 spiro atoms. The van der Waals surface area contributed by atoms with Gasteiger partial charge in [-0.2, -0.15) is 9.57 Å². The molecule has 0 aliphatic carbocycles. The molecule has 0 saturated carbocycles. The first-order valence-electron chi connectivity index (χ1n) is 7.76. The molecule has 1 saturated heterocycles. The molecular formula is C16H22ClN3O2S. The van der Waals surface area contributed by atoms with Gasteiger partial charge in [0.2, 0.25) is 10.0 Å². The summed E-state index contributed by atoms with van der Waals surface area (Å²) in [4.78, 5) is 2.29. The molecule has 7 heteroatoms. The second-order valence-electron chi connectivity index (χ2n) is 6.18. The van der Waals surface area contributed by atoms with Crippen molar-refractivity contribution in [1.29, 1.82) is 5.26 Å². The monoisotopic (exact) mass is 355 g/mol. The van der Waals surface area contributed by atoms with Crippen LogP contribution in [0.1, 0.15) is 25.8 Å². The Labute approximate surface area is 143 Å². The minimum absolute atomic E-state index is 0.00290. The summed E-state index contributed by atoms with van der Waals surface area (Å²) >= 11 is 5.91. The van der Waals surface area contributed by atoms with E-state index >= 15 is 0 Å². The number of hydrogen-bond acceptors (Lipinski definition) is 4. The van der Waals surface area contributed by atoms with Crippen LogP contribution in [-0.2, 0) is 10.0 Å². The molecule has 1 aromatic rings. The van der Waals surface area contributed by atoms with Crippen LogP contribution in [0.2, 0.25) is 5.02 Å². The van der Waals surface area contributed by atoms with Crippen LogP contribution in [0.15, 0.2) is 23.1 Å². The molecule has 0 bridgehead atoms. The summed E-state index contributed by atoms with van der Waals surface area (Å²) in [6, 6.07) is 6.28. The van der Waals surface area contributed by atoms with E-state index in [9.17, 15) is 8.42 Å². The lowest BCUT2D eigenvalue weighted by Crippen LogP contribution is -2.48. The van der Waals surface area contributed by atoms with Crippen LogP contribution < -0.4 is 0 Å². The van der Waals surface area contributed by atoms with Crippen molar-refractivity contribution in [3.05, 3.63) is 28.8 Å². The summed E-state index contributed by atoms with van der Waals surface area (Å²) in [6.07, 6.45) is 1.11. The Hall–Kier alpha value is -1.13. The first-order chi connectivity index (χ1) is 10.8. The topological polar surface area (TPSA) is 64.4 Å². The molecule has 1 aliphatic heterocycles. The average Bonchev–Trinajstić information content (AvgIpc) is 2.53. The zero-order valence-electron chi connectivity index (χ0n) is 13.5. The Balaban J connectivity index is 2.11. The van der Waals surface area contributed by atoms with E-state index in [2.05, 4.69) is 18.7 Å².